The average Bonchev–Trinajstić information content (AvgIpc) is 3.13. The summed E-state index contributed by atoms with van der Waals surface area (Å²) in [5.74, 6) is -2.35. The second-order valence-electron chi connectivity index (χ2n) is 16.8. The zero-order chi connectivity index (χ0) is 40.1. The monoisotopic (exact) mass is 758 g/mol. The van der Waals surface area contributed by atoms with Crippen LogP contribution in [0, 0.1) is 17.3 Å². The highest BCUT2D eigenvalue weighted by Crippen LogP contribution is 2.39. The van der Waals surface area contributed by atoms with Gasteiger partial charge < -0.3 is 38.8 Å². The normalized spacial score (nSPS) is 34.8. The number of amides is 2. The largest absolute Gasteiger partial charge is 0.460 e. The molecule has 3 heterocycles. The first-order chi connectivity index (χ1) is 25.4. The Morgan fingerprint density at radius 3 is 2.17 bits per heavy atom. The van der Waals surface area contributed by atoms with E-state index in [2.05, 4.69) is 11.8 Å². The predicted octanol–water partition coefficient (Wildman–Crippen LogP) is 3.47. The van der Waals surface area contributed by atoms with Crippen LogP contribution in [0.3, 0.4) is 0 Å². The Kier molecular flexibility index (Phi) is 14.9. The number of nitrogens with zero attached hydrogens (tertiary/aromatic N) is 4. The van der Waals surface area contributed by atoms with Gasteiger partial charge in [0.05, 0.1) is 17.8 Å². The third kappa shape index (κ3) is 9.70. The quantitative estimate of drug-likeness (QED) is 0.308. The molecule has 13 heteroatoms. The van der Waals surface area contributed by atoms with Crippen LogP contribution in [-0.2, 0) is 33.3 Å². The SMILES string of the molecule is CCCN1C[C@H](C)C[C@@](C)(OC)[C@H](O[C@@H]2O[C@H](C)C[C@H](N(C)C)[C@H]2O)[C@@H](C)C(=O)C(C)(C)C(=O)O[C@@H](C)[C@@H]1C(=O)N1CCN(C(=O)c2ccccc2)CC1. The molecule has 304 valence electrons. The number of Topliss-reactive ketones (excluding diaryl/α,β-unsaturated/α-hetero) is 1. The number of aliphatic hydroxyl groups is 1. The number of carbonyl (C=O) groups is 4. The fourth-order valence-electron chi connectivity index (χ4n) is 8.62. The second-order valence-corrected chi connectivity index (χ2v) is 16.8. The van der Waals surface area contributed by atoms with Crippen molar-refractivity contribution in [1.29, 1.82) is 0 Å². The number of piperazine rings is 1. The van der Waals surface area contributed by atoms with Gasteiger partial charge in [0.15, 0.2) is 12.1 Å². The maximum Gasteiger partial charge on any atom is 0.319 e. The highest BCUT2D eigenvalue weighted by molar-refractivity contribution is 6.04. The molecule has 3 fully saturated rings. The number of hydrogen-bond donors (Lipinski definition) is 1. The van der Waals surface area contributed by atoms with E-state index in [0.29, 0.717) is 57.7 Å². The minimum absolute atomic E-state index is 0.0744. The van der Waals surface area contributed by atoms with Crippen LogP contribution in [0.25, 0.3) is 0 Å². The topological polar surface area (TPSA) is 138 Å². The number of likely N-dealkylation sites (N-methyl/N-ethyl adjacent to an activating group) is 1. The average molecular weight is 759 g/mol. The molecule has 0 bridgehead atoms. The van der Waals surface area contributed by atoms with Gasteiger partial charge in [-0.3, -0.25) is 24.1 Å². The number of rotatable bonds is 8. The summed E-state index contributed by atoms with van der Waals surface area (Å²) in [5, 5.41) is 11.4. The van der Waals surface area contributed by atoms with Crippen LogP contribution in [0.2, 0.25) is 0 Å². The summed E-state index contributed by atoms with van der Waals surface area (Å²) in [4.78, 5) is 63.9. The lowest BCUT2D eigenvalue weighted by Crippen LogP contribution is -2.60. The van der Waals surface area contributed by atoms with Gasteiger partial charge in [-0.25, -0.2) is 0 Å². The van der Waals surface area contributed by atoms with Crippen LogP contribution < -0.4 is 0 Å². The van der Waals surface area contributed by atoms with Crippen LogP contribution in [0.5, 0.6) is 0 Å². The van der Waals surface area contributed by atoms with E-state index in [1.807, 2.05) is 58.0 Å². The van der Waals surface area contributed by atoms with Gasteiger partial charge in [-0.15, -0.1) is 0 Å². The minimum Gasteiger partial charge on any atom is -0.460 e. The molecule has 0 aliphatic carbocycles. The molecule has 0 aromatic heterocycles. The maximum absolute atomic E-state index is 14.6. The van der Waals surface area contributed by atoms with Gasteiger partial charge in [0.25, 0.3) is 5.91 Å². The summed E-state index contributed by atoms with van der Waals surface area (Å²) < 4.78 is 25.3. The summed E-state index contributed by atoms with van der Waals surface area (Å²) in [6.07, 6.45) is -2.26. The maximum atomic E-state index is 14.6. The van der Waals surface area contributed by atoms with E-state index in [9.17, 15) is 24.3 Å². The molecule has 0 saturated carbocycles. The summed E-state index contributed by atoms with van der Waals surface area (Å²) in [6.45, 7) is 17.0. The number of ketones is 1. The summed E-state index contributed by atoms with van der Waals surface area (Å²) in [6, 6.07) is 8.05. The van der Waals surface area contributed by atoms with E-state index in [1.54, 1.807) is 56.7 Å². The standard InChI is InChI=1S/C41H66N4O9/c1-12-18-45-25-26(2)24-41(8,51-11)35(54-38-33(46)31(42(9)10)23-27(3)52-38)28(4)34(47)40(6,7)39(50)53-29(5)32(45)37(49)44-21-19-43(20-22-44)36(48)30-16-14-13-15-17-30/h13-17,26-29,31-33,35,38,46H,12,18-25H2,1-11H3/t26-,27-,28+,29+,31+,32-,33-,35-,38+,41-/m1/s1. The molecular weight excluding hydrogens is 692 g/mol. The fourth-order valence-corrected chi connectivity index (χ4v) is 8.62. The summed E-state index contributed by atoms with van der Waals surface area (Å²) in [7, 11) is 5.38. The molecule has 3 aliphatic heterocycles. The molecule has 3 aliphatic rings. The number of carbonyl (C=O) groups excluding carboxylic acids is 4. The molecule has 4 rings (SSSR count). The zero-order valence-corrected chi connectivity index (χ0v) is 34.4. The van der Waals surface area contributed by atoms with E-state index < -0.39 is 59.3 Å². The molecule has 1 N–H and O–H groups in total. The van der Waals surface area contributed by atoms with Crippen molar-refractivity contribution in [2.24, 2.45) is 17.3 Å². The van der Waals surface area contributed by atoms with Crippen LogP contribution >= 0.6 is 0 Å². The Morgan fingerprint density at radius 1 is 0.981 bits per heavy atom. The van der Waals surface area contributed by atoms with Crippen LogP contribution in [0.15, 0.2) is 30.3 Å². The number of benzene rings is 1. The third-order valence-electron chi connectivity index (χ3n) is 11.7. The summed E-state index contributed by atoms with van der Waals surface area (Å²) >= 11 is 0. The molecule has 0 spiro atoms. The minimum atomic E-state index is -1.61. The first kappa shape index (κ1) is 43.8. The van der Waals surface area contributed by atoms with Crippen molar-refractivity contribution in [2.45, 2.75) is 123 Å². The van der Waals surface area contributed by atoms with E-state index in [0.717, 1.165) is 6.42 Å². The number of aliphatic hydroxyl groups excluding tert-OH is 1. The smallest absolute Gasteiger partial charge is 0.319 e. The number of cyclic esters (lactones) is 1. The first-order valence-electron chi connectivity index (χ1n) is 19.7. The number of methoxy groups -OCH3 is 1. The molecule has 13 nitrogen and oxygen atoms in total. The van der Waals surface area contributed by atoms with Crippen LogP contribution in [0.1, 0.15) is 85.0 Å². The molecule has 2 amide bonds. The molecule has 0 radical (unpaired) electrons. The zero-order valence-electron chi connectivity index (χ0n) is 34.4. The third-order valence-corrected chi connectivity index (χ3v) is 11.7. The summed E-state index contributed by atoms with van der Waals surface area (Å²) in [5.41, 5.74) is -2.07. The predicted molar refractivity (Wildman–Crippen MR) is 205 cm³/mol. The lowest BCUT2D eigenvalue weighted by molar-refractivity contribution is -0.295. The second kappa shape index (κ2) is 18.3. The lowest BCUT2D eigenvalue weighted by atomic mass is 9.74. The molecule has 10 atom stereocenters. The Balaban J connectivity index is 1.67. The van der Waals surface area contributed by atoms with Crippen molar-refractivity contribution in [3.05, 3.63) is 35.9 Å². The van der Waals surface area contributed by atoms with Crippen molar-refractivity contribution in [3.8, 4) is 0 Å². The van der Waals surface area contributed by atoms with Gasteiger partial charge in [-0.2, -0.15) is 0 Å². The van der Waals surface area contributed by atoms with E-state index >= 15 is 0 Å². The van der Waals surface area contributed by atoms with Crippen molar-refractivity contribution in [3.63, 3.8) is 0 Å². The molecule has 0 unspecified atom stereocenters. The Bertz CT molecular complexity index is 1430. The van der Waals surface area contributed by atoms with Gasteiger partial charge >= 0.3 is 5.97 Å². The van der Waals surface area contributed by atoms with Crippen molar-refractivity contribution >= 4 is 23.6 Å². The molecule has 3 saturated heterocycles. The van der Waals surface area contributed by atoms with E-state index in [-0.39, 0.29) is 29.9 Å². The van der Waals surface area contributed by atoms with Gasteiger partial charge in [0, 0.05) is 57.4 Å². The van der Waals surface area contributed by atoms with Gasteiger partial charge in [0.1, 0.15) is 23.7 Å². The fraction of sp³-hybridized carbons (Fsp3) is 0.756. The Labute approximate surface area is 322 Å². The van der Waals surface area contributed by atoms with Crippen molar-refractivity contribution in [2.75, 3.05) is 60.5 Å². The highest BCUT2D eigenvalue weighted by Gasteiger charge is 2.52. The molecule has 1 aromatic rings. The number of hydrogen-bond acceptors (Lipinski definition) is 11. The van der Waals surface area contributed by atoms with Crippen LogP contribution in [-0.4, -0.2) is 157 Å². The van der Waals surface area contributed by atoms with E-state index in [4.69, 9.17) is 18.9 Å². The van der Waals surface area contributed by atoms with Gasteiger partial charge in [-0.05, 0) is 92.6 Å². The highest BCUT2D eigenvalue weighted by atomic mass is 16.7. The van der Waals surface area contributed by atoms with E-state index in [1.165, 1.54) is 0 Å². The number of ether oxygens (including phenoxy) is 4. The molecular formula is C41H66N4O9. The Hall–Kier alpha value is -2.94. The Morgan fingerprint density at radius 2 is 1.59 bits per heavy atom. The van der Waals surface area contributed by atoms with Gasteiger partial charge in [-0.1, -0.05) is 39.0 Å². The lowest BCUT2D eigenvalue weighted by Gasteiger charge is -2.47. The molecule has 1 aromatic carbocycles. The molecule has 54 heavy (non-hydrogen) atoms. The first-order valence-corrected chi connectivity index (χ1v) is 19.7. The van der Waals surface area contributed by atoms with Crippen LogP contribution in [0.4, 0.5) is 0 Å². The van der Waals surface area contributed by atoms with Crippen molar-refractivity contribution < 1.29 is 43.2 Å². The van der Waals surface area contributed by atoms with Gasteiger partial charge in [0.2, 0.25) is 5.91 Å². The van der Waals surface area contributed by atoms with Crippen molar-refractivity contribution in [1.82, 2.24) is 19.6 Å². The number of esters is 1.